The van der Waals surface area contributed by atoms with E-state index in [1.54, 1.807) is 28.0 Å². The summed E-state index contributed by atoms with van der Waals surface area (Å²) in [4.78, 5) is 13.4. The van der Waals surface area contributed by atoms with E-state index in [0.29, 0.717) is 12.3 Å². The SMILES string of the molecule is CN(Cc1ccsc1)C(=O)CSCCCO. The average Bonchev–Trinajstić information content (AvgIpc) is 2.76. The number of rotatable bonds is 7. The summed E-state index contributed by atoms with van der Waals surface area (Å²) in [6.45, 7) is 0.884. The first-order valence-corrected chi connectivity index (χ1v) is 7.27. The van der Waals surface area contributed by atoms with Crippen molar-refractivity contribution in [3.63, 3.8) is 0 Å². The predicted octanol–water partition coefficient (Wildman–Crippen LogP) is 1.82. The van der Waals surface area contributed by atoms with Gasteiger partial charge in [-0.2, -0.15) is 23.1 Å². The Kier molecular flexibility index (Phi) is 6.52. The van der Waals surface area contributed by atoms with E-state index in [4.69, 9.17) is 5.11 Å². The molecule has 0 radical (unpaired) electrons. The Morgan fingerprint density at radius 1 is 1.62 bits per heavy atom. The van der Waals surface area contributed by atoms with Crippen molar-refractivity contribution in [2.24, 2.45) is 0 Å². The molecule has 0 saturated heterocycles. The lowest BCUT2D eigenvalue weighted by Crippen LogP contribution is -2.27. The zero-order valence-electron chi connectivity index (χ0n) is 9.39. The van der Waals surface area contributed by atoms with Crippen LogP contribution in [-0.2, 0) is 11.3 Å². The van der Waals surface area contributed by atoms with Crippen LogP contribution in [0.15, 0.2) is 16.8 Å². The monoisotopic (exact) mass is 259 g/mol. The molecule has 5 heteroatoms. The Morgan fingerprint density at radius 2 is 2.44 bits per heavy atom. The van der Waals surface area contributed by atoms with E-state index in [1.807, 2.05) is 18.5 Å². The Bertz CT molecular complexity index is 301. The van der Waals surface area contributed by atoms with Crippen LogP contribution in [-0.4, -0.2) is 41.1 Å². The average molecular weight is 259 g/mol. The number of hydrogen-bond donors (Lipinski definition) is 1. The van der Waals surface area contributed by atoms with Crippen molar-refractivity contribution >= 4 is 29.0 Å². The summed E-state index contributed by atoms with van der Waals surface area (Å²) < 4.78 is 0. The third-order valence-corrected chi connectivity index (χ3v) is 3.86. The largest absolute Gasteiger partial charge is 0.396 e. The minimum Gasteiger partial charge on any atom is -0.396 e. The lowest BCUT2D eigenvalue weighted by atomic mass is 10.3. The molecule has 1 rings (SSSR count). The van der Waals surface area contributed by atoms with Crippen LogP contribution in [0.3, 0.4) is 0 Å². The van der Waals surface area contributed by atoms with Crippen molar-refractivity contribution < 1.29 is 9.90 Å². The van der Waals surface area contributed by atoms with Gasteiger partial charge in [-0.3, -0.25) is 4.79 Å². The van der Waals surface area contributed by atoms with Crippen LogP contribution in [0.25, 0.3) is 0 Å². The van der Waals surface area contributed by atoms with Crippen molar-refractivity contribution in [2.75, 3.05) is 25.2 Å². The Balaban J connectivity index is 2.20. The van der Waals surface area contributed by atoms with Gasteiger partial charge in [-0.15, -0.1) is 0 Å². The Hall–Kier alpha value is -0.520. The smallest absolute Gasteiger partial charge is 0.232 e. The second-order valence-corrected chi connectivity index (χ2v) is 5.40. The minimum absolute atomic E-state index is 0.147. The number of thioether (sulfide) groups is 1. The number of hydrogen-bond acceptors (Lipinski definition) is 4. The maximum atomic E-state index is 11.7. The molecule has 1 amide bonds. The molecule has 1 heterocycles. The highest BCUT2D eigenvalue weighted by molar-refractivity contribution is 7.99. The molecule has 0 fully saturated rings. The zero-order chi connectivity index (χ0) is 11.8. The van der Waals surface area contributed by atoms with E-state index >= 15 is 0 Å². The van der Waals surface area contributed by atoms with E-state index in [1.165, 1.54) is 5.56 Å². The minimum atomic E-state index is 0.147. The molecule has 0 bridgehead atoms. The molecule has 0 atom stereocenters. The summed E-state index contributed by atoms with van der Waals surface area (Å²) in [5.74, 6) is 1.49. The van der Waals surface area contributed by atoms with Gasteiger partial charge in [-0.05, 0) is 34.6 Å². The summed E-state index contributed by atoms with van der Waals surface area (Å²) in [6.07, 6.45) is 0.756. The summed E-state index contributed by atoms with van der Waals surface area (Å²) in [6, 6.07) is 2.04. The van der Waals surface area contributed by atoms with Gasteiger partial charge in [0.1, 0.15) is 0 Å². The number of carbonyl (C=O) groups is 1. The van der Waals surface area contributed by atoms with Crippen molar-refractivity contribution in [1.29, 1.82) is 0 Å². The van der Waals surface area contributed by atoms with Gasteiger partial charge in [0, 0.05) is 20.2 Å². The van der Waals surface area contributed by atoms with Crippen LogP contribution in [0, 0.1) is 0 Å². The molecule has 1 aromatic rings. The predicted molar refractivity (Wildman–Crippen MR) is 69.8 cm³/mol. The zero-order valence-corrected chi connectivity index (χ0v) is 11.0. The summed E-state index contributed by atoms with van der Waals surface area (Å²) >= 11 is 3.23. The lowest BCUT2D eigenvalue weighted by Gasteiger charge is -2.16. The van der Waals surface area contributed by atoms with E-state index in [0.717, 1.165) is 12.2 Å². The van der Waals surface area contributed by atoms with Gasteiger partial charge in [0.25, 0.3) is 0 Å². The quantitative estimate of drug-likeness (QED) is 0.759. The van der Waals surface area contributed by atoms with Crippen molar-refractivity contribution in [1.82, 2.24) is 4.90 Å². The van der Waals surface area contributed by atoms with Crippen LogP contribution in [0.5, 0.6) is 0 Å². The van der Waals surface area contributed by atoms with Gasteiger partial charge < -0.3 is 10.0 Å². The molecule has 3 nitrogen and oxygen atoms in total. The maximum Gasteiger partial charge on any atom is 0.232 e. The first kappa shape index (κ1) is 13.5. The Morgan fingerprint density at radius 3 is 3.06 bits per heavy atom. The van der Waals surface area contributed by atoms with Crippen LogP contribution in [0.1, 0.15) is 12.0 Å². The van der Waals surface area contributed by atoms with Gasteiger partial charge >= 0.3 is 0 Å². The highest BCUT2D eigenvalue weighted by Crippen LogP contribution is 2.10. The van der Waals surface area contributed by atoms with Crippen molar-refractivity contribution in [2.45, 2.75) is 13.0 Å². The molecular formula is C11H17NO2S2. The third-order valence-electron chi connectivity index (χ3n) is 2.10. The first-order valence-electron chi connectivity index (χ1n) is 5.17. The van der Waals surface area contributed by atoms with Gasteiger partial charge in [-0.1, -0.05) is 0 Å². The molecule has 0 aromatic carbocycles. The summed E-state index contributed by atoms with van der Waals surface area (Å²) in [7, 11) is 1.83. The van der Waals surface area contributed by atoms with Crippen molar-refractivity contribution in [3.05, 3.63) is 22.4 Å². The normalized spacial score (nSPS) is 10.4. The Labute approximate surface area is 104 Å². The fourth-order valence-corrected chi connectivity index (χ4v) is 2.71. The van der Waals surface area contributed by atoms with Gasteiger partial charge in [0.05, 0.1) is 5.75 Å². The molecule has 1 aromatic heterocycles. The van der Waals surface area contributed by atoms with E-state index in [2.05, 4.69) is 5.38 Å². The highest BCUT2D eigenvalue weighted by atomic mass is 32.2. The maximum absolute atomic E-state index is 11.7. The van der Waals surface area contributed by atoms with Gasteiger partial charge in [-0.25, -0.2) is 0 Å². The molecule has 0 saturated carbocycles. The standard InChI is InChI=1S/C11H17NO2S2/c1-12(7-10-3-6-16-8-10)11(14)9-15-5-2-4-13/h3,6,8,13H,2,4-5,7,9H2,1H3. The number of amides is 1. The first-order chi connectivity index (χ1) is 7.74. The number of carbonyl (C=O) groups excluding carboxylic acids is 1. The molecule has 16 heavy (non-hydrogen) atoms. The highest BCUT2D eigenvalue weighted by Gasteiger charge is 2.08. The fraction of sp³-hybridized carbons (Fsp3) is 0.545. The molecule has 0 spiro atoms. The number of nitrogens with zero attached hydrogens (tertiary/aromatic N) is 1. The van der Waals surface area contributed by atoms with E-state index in [9.17, 15) is 4.79 Å². The molecule has 90 valence electrons. The fourth-order valence-electron chi connectivity index (χ4n) is 1.18. The molecule has 0 aliphatic carbocycles. The second-order valence-electron chi connectivity index (χ2n) is 3.51. The van der Waals surface area contributed by atoms with Crippen LogP contribution in [0.2, 0.25) is 0 Å². The summed E-state index contributed by atoms with van der Waals surface area (Å²) in [5.41, 5.74) is 1.18. The van der Waals surface area contributed by atoms with Gasteiger partial charge in [0.15, 0.2) is 0 Å². The van der Waals surface area contributed by atoms with Crippen LogP contribution in [0.4, 0.5) is 0 Å². The van der Waals surface area contributed by atoms with E-state index < -0.39 is 0 Å². The van der Waals surface area contributed by atoms with Crippen molar-refractivity contribution in [3.8, 4) is 0 Å². The number of aliphatic hydroxyl groups is 1. The molecule has 0 aliphatic rings. The van der Waals surface area contributed by atoms with Crippen LogP contribution < -0.4 is 0 Å². The van der Waals surface area contributed by atoms with Gasteiger partial charge in [0.2, 0.25) is 5.91 Å². The number of thiophene rings is 1. The molecule has 0 aliphatic heterocycles. The molecule has 1 N–H and O–H groups in total. The van der Waals surface area contributed by atoms with Crippen LogP contribution >= 0.6 is 23.1 Å². The lowest BCUT2D eigenvalue weighted by molar-refractivity contribution is -0.127. The molecule has 0 unspecified atom stereocenters. The molecular weight excluding hydrogens is 242 g/mol. The summed E-state index contributed by atoms with van der Waals surface area (Å²) in [5, 5.41) is 12.7. The topological polar surface area (TPSA) is 40.5 Å². The second kappa shape index (κ2) is 7.70. The third kappa shape index (κ3) is 5.01. The number of aliphatic hydroxyl groups excluding tert-OH is 1. The van der Waals surface area contributed by atoms with E-state index in [-0.39, 0.29) is 12.5 Å².